The molecule has 0 aromatic carbocycles. The van der Waals surface area contributed by atoms with Crippen LogP contribution in [0.3, 0.4) is 0 Å². The zero-order chi connectivity index (χ0) is 9.97. The maximum absolute atomic E-state index is 9.17. The minimum Gasteiger partial charge on any atom is -0.492 e. The van der Waals surface area contributed by atoms with Crippen LogP contribution in [0, 0.1) is 0 Å². The highest BCUT2D eigenvalue weighted by Gasteiger charge is 2.07. The molecule has 0 amide bonds. The SMILES string of the molecule is Oc1cc(C2=CC=C(Br)CC2)cnn1. The molecule has 0 fully saturated rings. The zero-order valence-electron chi connectivity index (χ0n) is 7.44. The number of hydrogen-bond acceptors (Lipinski definition) is 3. The number of allylic oxidation sites excluding steroid dienone is 4. The van der Waals surface area contributed by atoms with E-state index in [4.69, 9.17) is 0 Å². The number of aromatic nitrogens is 2. The summed E-state index contributed by atoms with van der Waals surface area (Å²) in [6.45, 7) is 0. The van der Waals surface area contributed by atoms with Gasteiger partial charge in [-0.1, -0.05) is 28.1 Å². The maximum Gasteiger partial charge on any atom is 0.231 e. The Labute approximate surface area is 90.3 Å². The molecule has 1 N–H and O–H groups in total. The van der Waals surface area contributed by atoms with Crippen LogP contribution in [0.15, 0.2) is 28.9 Å². The van der Waals surface area contributed by atoms with Crippen LogP contribution in [0.1, 0.15) is 18.4 Å². The standard InChI is InChI=1S/C10H9BrN2O/c11-9-3-1-7(2-4-9)8-5-10(14)13-12-6-8/h1,3,5-6H,2,4H2,(H,13,14). The van der Waals surface area contributed by atoms with Gasteiger partial charge in [0.1, 0.15) is 0 Å². The Balaban J connectivity index is 2.32. The van der Waals surface area contributed by atoms with Crippen LogP contribution < -0.4 is 0 Å². The largest absolute Gasteiger partial charge is 0.492 e. The second kappa shape index (κ2) is 3.92. The molecular weight excluding hydrogens is 244 g/mol. The summed E-state index contributed by atoms with van der Waals surface area (Å²) in [5, 5.41) is 16.4. The minimum atomic E-state index is -0.0305. The Hall–Kier alpha value is -1.16. The molecule has 72 valence electrons. The average molecular weight is 253 g/mol. The van der Waals surface area contributed by atoms with Gasteiger partial charge >= 0.3 is 0 Å². The van der Waals surface area contributed by atoms with Crippen LogP contribution in [0.5, 0.6) is 5.88 Å². The summed E-state index contributed by atoms with van der Waals surface area (Å²) in [7, 11) is 0. The van der Waals surface area contributed by atoms with Crippen molar-refractivity contribution in [1.29, 1.82) is 0 Å². The van der Waals surface area contributed by atoms with Crippen LogP contribution in [0.4, 0.5) is 0 Å². The number of hydrogen-bond donors (Lipinski definition) is 1. The number of rotatable bonds is 1. The van der Waals surface area contributed by atoms with Crippen molar-refractivity contribution in [3.05, 3.63) is 34.5 Å². The molecular formula is C10H9BrN2O. The van der Waals surface area contributed by atoms with E-state index in [2.05, 4.69) is 26.1 Å². The summed E-state index contributed by atoms with van der Waals surface area (Å²) < 4.78 is 1.20. The first-order chi connectivity index (χ1) is 6.75. The van der Waals surface area contributed by atoms with Gasteiger partial charge in [0.15, 0.2) is 0 Å². The molecule has 2 rings (SSSR count). The first kappa shape index (κ1) is 9.40. The van der Waals surface area contributed by atoms with Crippen molar-refractivity contribution in [3.63, 3.8) is 0 Å². The van der Waals surface area contributed by atoms with E-state index in [1.54, 1.807) is 12.3 Å². The molecule has 0 unspecified atom stereocenters. The van der Waals surface area contributed by atoms with Crippen molar-refractivity contribution in [2.75, 3.05) is 0 Å². The molecule has 1 heterocycles. The van der Waals surface area contributed by atoms with Crippen LogP contribution in [-0.2, 0) is 0 Å². The molecule has 0 atom stereocenters. The number of halogens is 1. The van der Waals surface area contributed by atoms with Crippen molar-refractivity contribution in [3.8, 4) is 5.88 Å². The average Bonchev–Trinajstić information content (AvgIpc) is 2.19. The van der Waals surface area contributed by atoms with E-state index in [9.17, 15) is 5.11 Å². The van der Waals surface area contributed by atoms with Gasteiger partial charge in [-0.15, -0.1) is 5.10 Å². The van der Waals surface area contributed by atoms with Crippen LogP contribution in [0.25, 0.3) is 5.57 Å². The highest BCUT2D eigenvalue weighted by Crippen LogP contribution is 2.29. The molecule has 0 spiro atoms. The molecule has 14 heavy (non-hydrogen) atoms. The van der Waals surface area contributed by atoms with Crippen LogP contribution in [0.2, 0.25) is 0 Å². The van der Waals surface area contributed by atoms with Gasteiger partial charge in [0.2, 0.25) is 5.88 Å². The van der Waals surface area contributed by atoms with Gasteiger partial charge in [-0.05, 0) is 22.9 Å². The third-order valence-corrected chi connectivity index (χ3v) is 2.77. The lowest BCUT2D eigenvalue weighted by molar-refractivity contribution is 0.445. The molecule has 0 aliphatic heterocycles. The van der Waals surface area contributed by atoms with Gasteiger partial charge in [-0.3, -0.25) is 0 Å². The Kier molecular flexibility index (Phi) is 2.63. The fourth-order valence-corrected chi connectivity index (χ4v) is 1.71. The topological polar surface area (TPSA) is 46.0 Å². The van der Waals surface area contributed by atoms with E-state index in [0.29, 0.717) is 0 Å². The molecule has 0 saturated heterocycles. The Bertz CT molecular complexity index is 412. The molecule has 1 aromatic rings. The smallest absolute Gasteiger partial charge is 0.231 e. The lowest BCUT2D eigenvalue weighted by Gasteiger charge is -2.10. The summed E-state index contributed by atoms with van der Waals surface area (Å²) in [6.07, 6.45) is 7.68. The van der Waals surface area contributed by atoms with Gasteiger partial charge in [-0.25, -0.2) is 0 Å². The van der Waals surface area contributed by atoms with E-state index >= 15 is 0 Å². The third-order valence-electron chi connectivity index (χ3n) is 2.11. The number of nitrogens with zero attached hydrogens (tertiary/aromatic N) is 2. The van der Waals surface area contributed by atoms with E-state index in [1.807, 2.05) is 12.2 Å². The summed E-state index contributed by atoms with van der Waals surface area (Å²) in [4.78, 5) is 0. The van der Waals surface area contributed by atoms with E-state index in [1.165, 1.54) is 10.1 Å². The minimum absolute atomic E-state index is 0.0305. The van der Waals surface area contributed by atoms with Crippen molar-refractivity contribution >= 4 is 21.5 Å². The lowest BCUT2D eigenvalue weighted by Crippen LogP contribution is -1.92. The number of aromatic hydroxyl groups is 1. The van der Waals surface area contributed by atoms with E-state index < -0.39 is 0 Å². The molecule has 1 aliphatic rings. The lowest BCUT2D eigenvalue weighted by atomic mass is 9.99. The highest BCUT2D eigenvalue weighted by molar-refractivity contribution is 9.11. The fraction of sp³-hybridized carbons (Fsp3) is 0.200. The first-order valence-electron chi connectivity index (χ1n) is 4.33. The van der Waals surface area contributed by atoms with Crippen molar-refractivity contribution in [2.24, 2.45) is 0 Å². The quantitative estimate of drug-likeness (QED) is 0.836. The third kappa shape index (κ3) is 2.01. The predicted octanol–water partition coefficient (Wildman–Crippen LogP) is 2.64. The molecule has 0 saturated carbocycles. The molecule has 0 radical (unpaired) electrons. The summed E-state index contributed by atoms with van der Waals surface area (Å²) in [5.41, 5.74) is 2.12. The van der Waals surface area contributed by atoms with Crippen molar-refractivity contribution < 1.29 is 5.11 Å². The van der Waals surface area contributed by atoms with Gasteiger partial charge in [0.25, 0.3) is 0 Å². The summed E-state index contributed by atoms with van der Waals surface area (Å²) in [6, 6.07) is 1.63. The highest BCUT2D eigenvalue weighted by atomic mass is 79.9. The molecule has 1 aliphatic carbocycles. The second-order valence-corrected chi connectivity index (χ2v) is 4.13. The Morgan fingerprint density at radius 3 is 2.79 bits per heavy atom. The van der Waals surface area contributed by atoms with Crippen molar-refractivity contribution in [1.82, 2.24) is 10.2 Å². The second-order valence-electron chi connectivity index (χ2n) is 3.11. The molecule has 4 heteroatoms. The van der Waals surface area contributed by atoms with Crippen LogP contribution in [-0.4, -0.2) is 15.3 Å². The van der Waals surface area contributed by atoms with Gasteiger partial charge < -0.3 is 5.11 Å². The fourth-order valence-electron chi connectivity index (χ4n) is 1.38. The summed E-state index contributed by atoms with van der Waals surface area (Å²) in [5.74, 6) is -0.0305. The molecule has 0 bridgehead atoms. The van der Waals surface area contributed by atoms with Gasteiger partial charge in [0, 0.05) is 11.6 Å². The molecule has 3 nitrogen and oxygen atoms in total. The summed E-state index contributed by atoms with van der Waals surface area (Å²) >= 11 is 3.44. The van der Waals surface area contributed by atoms with E-state index in [-0.39, 0.29) is 5.88 Å². The first-order valence-corrected chi connectivity index (χ1v) is 5.12. The van der Waals surface area contributed by atoms with E-state index in [0.717, 1.165) is 18.4 Å². The molecule has 1 aromatic heterocycles. The normalized spacial score (nSPS) is 16.1. The van der Waals surface area contributed by atoms with Crippen molar-refractivity contribution in [2.45, 2.75) is 12.8 Å². The Morgan fingerprint density at radius 2 is 2.14 bits per heavy atom. The zero-order valence-corrected chi connectivity index (χ0v) is 9.03. The monoisotopic (exact) mass is 252 g/mol. The van der Waals surface area contributed by atoms with Crippen LogP contribution >= 0.6 is 15.9 Å². The van der Waals surface area contributed by atoms with Gasteiger partial charge in [0.05, 0.1) is 6.20 Å². The van der Waals surface area contributed by atoms with Gasteiger partial charge in [-0.2, -0.15) is 5.10 Å². The predicted molar refractivity (Wildman–Crippen MR) is 57.9 cm³/mol. The Morgan fingerprint density at radius 1 is 1.29 bits per heavy atom. The maximum atomic E-state index is 9.17.